The molecule has 2 rings (SSSR count). The van der Waals surface area contributed by atoms with Crippen LogP contribution in [0.1, 0.15) is 43.5 Å². The maximum atomic E-state index is 12.2. The fraction of sp³-hybridized carbons (Fsp3) is 0.588. The molecule has 1 aromatic rings. The molecule has 0 aliphatic heterocycles. The third kappa shape index (κ3) is 3.53. The second-order valence-electron chi connectivity index (χ2n) is 6.50. The standard InChI is InChI=1S/C17H26N2O/c1-12-9-13(2)11-14(10-12)18-16-8-6-5-7-15(16)17(20)19(3)4/h5-8,12-14,18H,9-11H2,1-4H3. The van der Waals surface area contributed by atoms with E-state index in [1.54, 1.807) is 19.0 Å². The molecule has 110 valence electrons. The second kappa shape index (κ2) is 6.29. The highest BCUT2D eigenvalue weighted by molar-refractivity contribution is 5.99. The highest BCUT2D eigenvalue weighted by Gasteiger charge is 2.24. The summed E-state index contributed by atoms with van der Waals surface area (Å²) in [7, 11) is 3.59. The van der Waals surface area contributed by atoms with Crippen LogP contribution in [0.3, 0.4) is 0 Å². The molecule has 0 heterocycles. The Bertz CT molecular complexity index is 460. The Kier molecular flexibility index (Phi) is 4.69. The number of hydrogen-bond acceptors (Lipinski definition) is 2. The summed E-state index contributed by atoms with van der Waals surface area (Å²) in [6, 6.07) is 8.31. The predicted octanol–water partition coefficient (Wildman–Crippen LogP) is 3.63. The Labute approximate surface area is 122 Å². The van der Waals surface area contributed by atoms with Crippen molar-refractivity contribution in [2.24, 2.45) is 11.8 Å². The smallest absolute Gasteiger partial charge is 0.255 e. The molecule has 0 aromatic heterocycles. The minimum absolute atomic E-state index is 0.0602. The zero-order chi connectivity index (χ0) is 14.7. The predicted molar refractivity (Wildman–Crippen MR) is 84.0 cm³/mol. The number of carbonyl (C=O) groups excluding carboxylic acids is 1. The molecular weight excluding hydrogens is 248 g/mol. The summed E-state index contributed by atoms with van der Waals surface area (Å²) in [5.74, 6) is 1.57. The first-order valence-corrected chi connectivity index (χ1v) is 7.54. The third-order valence-electron chi connectivity index (χ3n) is 4.10. The van der Waals surface area contributed by atoms with Gasteiger partial charge < -0.3 is 10.2 Å². The molecule has 1 N–H and O–H groups in total. The summed E-state index contributed by atoms with van der Waals surface area (Å²) < 4.78 is 0. The van der Waals surface area contributed by atoms with Crippen LogP contribution in [0.15, 0.2) is 24.3 Å². The fourth-order valence-corrected chi connectivity index (χ4v) is 3.32. The number of anilines is 1. The quantitative estimate of drug-likeness (QED) is 0.913. The average molecular weight is 274 g/mol. The van der Waals surface area contributed by atoms with Gasteiger partial charge in [-0.3, -0.25) is 4.79 Å². The van der Waals surface area contributed by atoms with E-state index in [1.807, 2.05) is 24.3 Å². The SMILES string of the molecule is CC1CC(C)CC(Nc2ccccc2C(=O)N(C)C)C1. The van der Waals surface area contributed by atoms with Gasteiger partial charge in [0.1, 0.15) is 0 Å². The highest BCUT2D eigenvalue weighted by atomic mass is 16.2. The van der Waals surface area contributed by atoms with Crippen LogP contribution in [0.5, 0.6) is 0 Å². The van der Waals surface area contributed by atoms with Crippen LogP contribution in [0.4, 0.5) is 5.69 Å². The van der Waals surface area contributed by atoms with Gasteiger partial charge in [0.15, 0.2) is 0 Å². The van der Waals surface area contributed by atoms with Crippen LogP contribution in [0.25, 0.3) is 0 Å². The minimum Gasteiger partial charge on any atom is -0.382 e. The Morgan fingerprint density at radius 2 is 1.70 bits per heavy atom. The van der Waals surface area contributed by atoms with Gasteiger partial charge in [-0.25, -0.2) is 0 Å². The van der Waals surface area contributed by atoms with Crippen molar-refractivity contribution in [1.29, 1.82) is 0 Å². The van der Waals surface area contributed by atoms with Gasteiger partial charge in [-0.2, -0.15) is 0 Å². The Balaban J connectivity index is 2.15. The van der Waals surface area contributed by atoms with E-state index in [-0.39, 0.29) is 5.91 Å². The van der Waals surface area contributed by atoms with Crippen LogP contribution >= 0.6 is 0 Å². The van der Waals surface area contributed by atoms with Gasteiger partial charge in [0, 0.05) is 25.8 Å². The van der Waals surface area contributed by atoms with Gasteiger partial charge in [-0.05, 0) is 43.2 Å². The highest BCUT2D eigenvalue weighted by Crippen LogP contribution is 2.31. The average Bonchev–Trinajstić information content (AvgIpc) is 2.37. The normalized spacial score (nSPS) is 26.1. The summed E-state index contributed by atoms with van der Waals surface area (Å²) in [5, 5.41) is 3.60. The van der Waals surface area contributed by atoms with Crippen molar-refractivity contribution in [3.8, 4) is 0 Å². The molecule has 0 radical (unpaired) electrons. The maximum absolute atomic E-state index is 12.2. The van der Waals surface area contributed by atoms with E-state index in [0.717, 1.165) is 23.1 Å². The van der Waals surface area contributed by atoms with E-state index >= 15 is 0 Å². The molecule has 1 aliphatic carbocycles. The lowest BCUT2D eigenvalue weighted by atomic mass is 9.80. The molecule has 2 atom stereocenters. The lowest BCUT2D eigenvalue weighted by Gasteiger charge is -2.33. The molecule has 1 aromatic carbocycles. The molecule has 0 saturated heterocycles. The maximum Gasteiger partial charge on any atom is 0.255 e. The van der Waals surface area contributed by atoms with Crippen molar-refractivity contribution in [3.05, 3.63) is 29.8 Å². The number of nitrogens with one attached hydrogen (secondary N) is 1. The van der Waals surface area contributed by atoms with Crippen LogP contribution in [0, 0.1) is 11.8 Å². The summed E-state index contributed by atoms with van der Waals surface area (Å²) in [5.41, 5.74) is 1.74. The number of rotatable bonds is 3. The number of benzene rings is 1. The molecule has 1 amide bonds. The first kappa shape index (κ1) is 14.9. The van der Waals surface area contributed by atoms with Gasteiger partial charge in [0.05, 0.1) is 5.56 Å². The zero-order valence-electron chi connectivity index (χ0n) is 13.0. The van der Waals surface area contributed by atoms with Crippen molar-refractivity contribution in [2.75, 3.05) is 19.4 Å². The van der Waals surface area contributed by atoms with Gasteiger partial charge in [0.25, 0.3) is 5.91 Å². The Morgan fingerprint density at radius 3 is 2.30 bits per heavy atom. The molecule has 0 spiro atoms. The number of carbonyl (C=O) groups is 1. The van der Waals surface area contributed by atoms with E-state index in [1.165, 1.54) is 19.3 Å². The molecule has 1 fully saturated rings. The molecular formula is C17H26N2O. The van der Waals surface area contributed by atoms with Crippen molar-refractivity contribution in [3.63, 3.8) is 0 Å². The van der Waals surface area contributed by atoms with Gasteiger partial charge in [-0.15, -0.1) is 0 Å². The first-order chi connectivity index (χ1) is 9.47. The molecule has 3 heteroatoms. The van der Waals surface area contributed by atoms with Crippen molar-refractivity contribution >= 4 is 11.6 Å². The van der Waals surface area contributed by atoms with E-state index in [0.29, 0.717) is 6.04 Å². The van der Waals surface area contributed by atoms with Gasteiger partial charge >= 0.3 is 0 Å². The minimum atomic E-state index is 0.0602. The Morgan fingerprint density at radius 1 is 1.10 bits per heavy atom. The van der Waals surface area contributed by atoms with Crippen LogP contribution in [-0.2, 0) is 0 Å². The number of nitrogens with zero attached hydrogens (tertiary/aromatic N) is 1. The summed E-state index contributed by atoms with van der Waals surface area (Å²) in [6.45, 7) is 4.64. The molecule has 20 heavy (non-hydrogen) atoms. The second-order valence-corrected chi connectivity index (χ2v) is 6.50. The summed E-state index contributed by atoms with van der Waals surface area (Å²) in [4.78, 5) is 13.9. The van der Waals surface area contributed by atoms with Crippen molar-refractivity contribution < 1.29 is 4.79 Å². The molecule has 2 unspecified atom stereocenters. The Hall–Kier alpha value is -1.51. The van der Waals surface area contributed by atoms with E-state index in [4.69, 9.17) is 0 Å². The van der Waals surface area contributed by atoms with Crippen molar-refractivity contribution in [2.45, 2.75) is 39.2 Å². The lowest BCUT2D eigenvalue weighted by Crippen LogP contribution is -2.31. The molecule has 0 bridgehead atoms. The number of amides is 1. The van der Waals surface area contributed by atoms with E-state index in [9.17, 15) is 4.79 Å². The summed E-state index contributed by atoms with van der Waals surface area (Å²) >= 11 is 0. The van der Waals surface area contributed by atoms with E-state index < -0.39 is 0 Å². The lowest BCUT2D eigenvalue weighted by molar-refractivity contribution is 0.0828. The first-order valence-electron chi connectivity index (χ1n) is 7.54. The zero-order valence-corrected chi connectivity index (χ0v) is 13.0. The number of para-hydroxylation sites is 1. The molecule has 1 aliphatic rings. The van der Waals surface area contributed by atoms with Crippen LogP contribution in [0.2, 0.25) is 0 Å². The topological polar surface area (TPSA) is 32.3 Å². The van der Waals surface area contributed by atoms with E-state index in [2.05, 4.69) is 19.2 Å². The molecule has 1 saturated carbocycles. The largest absolute Gasteiger partial charge is 0.382 e. The fourth-order valence-electron chi connectivity index (χ4n) is 3.32. The van der Waals surface area contributed by atoms with Gasteiger partial charge in [-0.1, -0.05) is 26.0 Å². The third-order valence-corrected chi connectivity index (χ3v) is 4.10. The number of hydrogen-bond donors (Lipinski definition) is 1. The van der Waals surface area contributed by atoms with Crippen LogP contribution in [-0.4, -0.2) is 30.9 Å². The monoisotopic (exact) mass is 274 g/mol. The molecule has 3 nitrogen and oxygen atoms in total. The van der Waals surface area contributed by atoms with Gasteiger partial charge in [0.2, 0.25) is 0 Å². The van der Waals surface area contributed by atoms with Crippen LogP contribution < -0.4 is 5.32 Å². The van der Waals surface area contributed by atoms with Crippen molar-refractivity contribution in [1.82, 2.24) is 4.90 Å². The summed E-state index contributed by atoms with van der Waals surface area (Å²) in [6.07, 6.45) is 3.69.